The normalized spacial score (nSPS) is 10.6. The number of carbonyl (C=O) groups excluding carboxylic acids is 2. The first-order chi connectivity index (χ1) is 15.5. The van der Waals surface area contributed by atoms with Crippen molar-refractivity contribution in [2.24, 2.45) is 0 Å². The van der Waals surface area contributed by atoms with E-state index in [0.29, 0.717) is 31.0 Å². The van der Waals surface area contributed by atoms with Gasteiger partial charge in [0.25, 0.3) is 5.91 Å². The summed E-state index contributed by atoms with van der Waals surface area (Å²) < 4.78 is 5.31. The van der Waals surface area contributed by atoms with Crippen LogP contribution in [0.1, 0.15) is 23.7 Å². The Hall–Kier alpha value is -3.58. The highest BCUT2D eigenvalue weighted by atomic mass is 16.5. The zero-order valence-corrected chi connectivity index (χ0v) is 18.8. The van der Waals surface area contributed by atoms with Gasteiger partial charge in [-0.15, -0.1) is 0 Å². The Bertz CT molecular complexity index is 1080. The molecule has 0 aromatic heterocycles. The van der Waals surface area contributed by atoms with E-state index in [0.717, 1.165) is 28.6 Å². The zero-order chi connectivity index (χ0) is 22.9. The Balaban J connectivity index is 1.71. The Morgan fingerprint density at radius 1 is 0.969 bits per heavy atom. The van der Waals surface area contributed by atoms with Crippen LogP contribution in [0.3, 0.4) is 0 Å². The van der Waals surface area contributed by atoms with E-state index in [1.165, 1.54) is 0 Å². The quantitative estimate of drug-likeness (QED) is 0.426. The molecule has 3 N–H and O–H groups in total. The number of nitrogens with zero attached hydrogens (tertiary/aromatic N) is 1. The van der Waals surface area contributed by atoms with E-state index in [4.69, 9.17) is 4.74 Å². The van der Waals surface area contributed by atoms with E-state index in [1.807, 2.05) is 74.4 Å². The van der Waals surface area contributed by atoms with Gasteiger partial charge in [-0.25, -0.2) is 4.79 Å². The maximum Gasteiger partial charge on any atom is 0.323 e. The van der Waals surface area contributed by atoms with Crippen LogP contribution in [-0.2, 0) is 4.74 Å². The number of amides is 3. The molecule has 0 aliphatic heterocycles. The van der Waals surface area contributed by atoms with Gasteiger partial charge in [-0.05, 0) is 43.0 Å². The molecular formula is C25H30N4O3. The summed E-state index contributed by atoms with van der Waals surface area (Å²) in [6, 6.07) is 18.5. The maximum atomic E-state index is 12.8. The fraction of sp³-hybridized carbons (Fsp3) is 0.280. The van der Waals surface area contributed by atoms with E-state index >= 15 is 0 Å². The minimum atomic E-state index is -0.373. The first-order valence-corrected chi connectivity index (χ1v) is 10.7. The first kappa shape index (κ1) is 23.1. The van der Waals surface area contributed by atoms with Crippen LogP contribution in [0, 0.1) is 0 Å². The van der Waals surface area contributed by atoms with E-state index in [1.54, 1.807) is 12.1 Å². The average molecular weight is 435 g/mol. The van der Waals surface area contributed by atoms with Crippen molar-refractivity contribution < 1.29 is 14.3 Å². The highest BCUT2D eigenvalue weighted by molar-refractivity contribution is 6.07. The largest absolute Gasteiger partial charge is 0.382 e. The van der Waals surface area contributed by atoms with Gasteiger partial charge < -0.3 is 25.6 Å². The molecule has 7 heteroatoms. The number of carbonyl (C=O) groups is 2. The molecule has 168 valence electrons. The summed E-state index contributed by atoms with van der Waals surface area (Å²) in [6.45, 7) is 3.72. The molecule has 0 atom stereocenters. The van der Waals surface area contributed by atoms with Crippen LogP contribution < -0.4 is 20.9 Å². The third-order valence-corrected chi connectivity index (χ3v) is 4.97. The molecule has 0 bridgehead atoms. The van der Waals surface area contributed by atoms with Gasteiger partial charge in [-0.1, -0.05) is 36.4 Å². The number of rotatable bonds is 9. The zero-order valence-electron chi connectivity index (χ0n) is 18.8. The standard InChI is InChI=1S/C25H30N4O3/c1-4-32-16-8-15-26-24(30)21-17-19(13-14-23(21)29(2)3)27-25(31)28-22-12-7-10-18-9-5-6-11-20(18)22/h5-7,9-14,17H,4,8,15-16H2,1-3H3,(H,26,30)(H2,27,28,31). The van der Waals surface area contributed by atoms with E-state index in [9.17, 15) is 9.59 Å². The van der Waals surface area contributed by atoms with Gasteiger partial charge in [0.15, 0.2) is 0 Å². The van der Waals surface area contributed by atoms with Crippen molar-refractivity contribution in [1.82, 2.24) is 5.32 Å². The van der Waals surface area contributed by atoms with Gasteiger partial charge in [-0.2, -0.15) is 0 Å². The molecule has 0 spiro atoms. The molecule has 3 rings (SSSR count). The Morgan fingerprint density at radius 3 is 2.53 bits per heavy atom. The monoisotopic (exact) mass is 434 g/mol. The summed E-state index contributed by atoms with van der Waals surface area (Å²) in [5, 5.41) is 10.7. The molecule has 0 aliphatic carbocycles. The number of hydrogen-bond donors (Lipinski definition) is 3. The van der Waals surface area contributed by atoms with Crippen molar-refractivity contribution in [3.05, 3.63) is 66.2 Å². The lowest BCUT2D eigenvalue weighted by Crippen LogP contribution is -2.28. The molecule has 0 unspecified atom stereocenters. The van der Waals surface area contributed by atoms with E-state index < -0.39 is 0 Å². The lowest BCUT2D eigenvalue weighted by atomic mass is 10.1. The Morgan fingerprint density at radius 2 is 1.75 bits per heavy atom. The van der Waals surface area contributed by atoms with Crippen LogP contribution in [0.4, 0.5) is 21.9 Å². The molecule has 3 aromatic carbocycles. The molecule has 0 saturated carbocycles. The van der Waals surface area contributed by atoms with E-state index in [-0.39, 0.29) is 11.9 Å². The topological polar surface area (TPSA) is 82.7 Å². The molecule has 32 heavy (non-hydrogen) atoms. The number of anilines is 3. The lowest BCUT2D eigenvalue weighted by molar-refractivity contribution is 0.0944. The highest BCUT2D eigenvalue weighted by Crippen LogP contribution is 2.25. The van der Waals surface area contributed by atoms with Gasteiger partial charge >= 0.3 is 6.03 Å². The molecule has 3 amide bonds. The van der Waals surface area contributed by atoms with Crippen molar-refractivity contribution in [2.45, 2.75) is 13.3 Å². The molecule has 3 aromatic rings. The Kier molecular flexibility index (Phi) is 8.05. The van der Waals surface area contributed by atoms with Crippen LogP contribution in [0.2, 0.25) is 0 Å². The summed E-state index contributed by atoms with van der Waals surface area (Å²) >= 11 is 0. The number of urea groups is 1. The molecule has 0 fully saturated rings. The SMILES string of the molecule is CCOCCCNC(=O)c1cc(NC(=O)Nc2cccc3ccccc23)ccc1N(C)C. The molecule has 0 heterocycles. The second kappa shape index (κ2) is 11.2. The number of hydrogen-bond acceptors (Lipinski definition) is 4. The van der Waals surface area contributed by atoms with Crippen LogP contribution in [0.5, 0.6) is 0 Å². The van der Waals surface area contributed by atoms with Crippen molar-refractivity contribution in [2.75, 3.05) is 49.4 Å². The fourth-order valence-corrected chi connectivity index (χ4v) is 3.42. The van der Waals surface area contributed by atoms with Crippen molar-refractivity contribution in [1.29, 1.82) is 0 Å². The van der Waals surface area contributed by atoms with Gasteiger partial charge in [0.2, 0.25) is 0 Å². The lowest BCUT2D eigenvalue weighted by Gasteiger charge is -2.19. The highest BCUT2D eigenvalue weighted by Gasteiger charge is 2.15. The van der Waals surface area contributed by atoms with Gasteiger partial charge in [-0.3, -0.25) is 4.79 Å². The van der Waals surface area contributed by atoms with Gasteiger partial charge in [0.1, 0.15) is 0 Å². The van der Waals surface area contributed by atoms with Crippen molar-refractivity contribution in [3.63, 3.8) is 0 Å². The summed E-state index contributed by atoms with van der Waals surface area (Å²) in [7, 11) is 3.75. The van der Waals surface area contributed by atoms with Crippen molar-refractivity contribution in [3.8, 4) is 0 Å². The van der Waals surface area contributed by atoms with Crippen LogP contribution >= 0.6 is 0 Å². The second-order valence-corrected chi connectivity index (χ2v) is 7.54. The summed E-state index contributed by atoms with van der Waals surface area (Å²) in [5.74, 6) is -0.191. The van der Waals surface area contributed by atoms with Crippen LogP contribution in [0.25, 0.3) is 10.8 Å². The molecule has 7 nitrogen and oxygen atoms in total. The van der Waals surface area contributed by atoms with Crippen LogP contribution in [0.15, 0.2) is 60.7 Å². The van der Waals surface area contributed by atoms with E-state index in [2.05, 4.69) is 16.0 Å². The molecule has 0 aliphatic rings. The third kappa shape index (κ3) is 5.98. The average Bonchev–Trinajstić information content (AvgIpc) is 2.79. The summed E-state index contributed by atoms with van der Waals surface area (Å²) in [4.78, 5) is 27.3. The molecular weight excluding hydrogens is 404 g/mol. The third-order valence-electron chi connectivity index (χ3n) is 4.97. The summed E-state index contributed by atoms with van der Waals surface area (Å²) in [5.41, 5.74) is 2.52. The maximum absolute atomic E-state index is 12.8. The van der Waals surface area contributed by atoms with Crippen molar-refractivity contribution >= 4 is 39.8 Å². The minimum Gasteiger partial charge on any atom is -0.382 e. The number of benzene rings is 3. The predicted molar refractivity (Wildman–Crippen MR) is 131 cm³/mol. The first-order valence-electron chi connectivity index (χ1n) is 10.7. The summed E-state index contributed by atoms with van der Waals surface area (Å²) in [6.07, 6.45) is 0.738. The number of nitrogens with one attached hydrogen (secondary N) is 3. The Labute approximate surface area is 188 Å². The molecule has 0 radical (unpaired) electrons. The number of ether oxygens (including phenoxy) is 1. The second-order valence-electron chi connectivity index (χ2n) is 7.54. The number of fused-ring (bicyclic) bond motifs is 1. The van der Waals surface area contributed by atoms with Crippen LogP contribution in [-0.4, -0.2) is 45.8 Å². The predicted octanol–water partition coefficient (Wildman–Crippen LogP) is 4.71. The van der Waals surface area contributed by atoms with Gasteiger partial charge in [0, 0.05) is 50.6 Å². The van der Waals surface area contributed by atoms with Gasteiger partial charge in [0.05, 0.1) is 11.3 Å². The molecule has 0 saturated heterocycles. The minimum absolute atomic E-state index is 0.191. The smallest absolute Gasteiger partial charge is 0.323 e. The fourth-order valence-electron chi connectivity index (χ4n) is 3.42.